The first-order valence-electron chi connectivity index (χ1n) is 12.2. The maximum absolute atomic E-state index is 13.4. The number of ether oxygens (including phenoxy) is 1. The summed E-state index contributed by atoms with van der Waals surface area (Å²) in [6, 6.07) is 24.6. The SMILES string of the molecule is O=C(CN(C[C@@H]1CCCO1)C(=O)c1ccc(F)cc1)Nc1nc(-c2ccccc2)cn1-c1ccccc1. The van der Waals surface area contributed by atoms with Gasteiger partial charge in [-0.3, -0.25) is 19.5 Å². The summed E-state index contributed by atoms with van der Waals surface area (Å²) in [5.74, 6) is -0.832. The Labute approximate surface area is 214 Å². The molecule has 2 heterocycles. The van der Waals surface area contributed by atoms with E-state index in [1.54, 1.807) is 0 Å². The molecule has 0 radical (unpaired) electrons. The van der Waals surface area contributed by atoms with Gasteiger partial charge in [-0.15, -0.1) is 0 Å². The number of para-hydroxylation sites is 1. The molecule has 0 saturated carbocycles. The fourth-order valence-electron chi connectivity index (χ4n) is 4.37. The molecule has 4 aromatic rings. The summed E-state index contributed by atoms with van der Waals surface area (Å²) in [5.41, 5.74) is 2.77. The van der Waals surface area contributed by atoms with Crippen LogP contribution in [0.4, 0.5) is 10.3 Å². The standard InChI is InChI=1S/C29H27FN4O3/c30-23-15-13-22(14-16-23)28(36)33(18-25-12-7-17-37-25)20-27(35)32-29-31-26(21-8-3-1-4-9-21)19-34(29)24-10-5-2-6-11-24/h1-6,8-11,13-16,19,25H,7,12,17-18,20H2,(H,31,32,35)/t25-/m0/s1. The van der Waals surface area contributed by atoms with Crippen molar-refractivity contribution in [3.05, 3.63) is 103 Å². The number of rotatable bonds is 8. The molecular formula is C29H27FN4O3. The van der Waals surface area contributed by atoms with Crippen LogP contribution in [0.15, 0.2) is 91.1 Å². The minimum absolute atomic E-state index is 0.145. The average molecular weight is 499 g/mol. The average Bonchev–Trinajstić information content (AvgIpc) is 3.59. The number of benzene rings is 3. The van der Waals surface area contributed by atoms with Crippen molar-refractivity contribution in [1.29, 1.82) is 0 Å². The summed E-state index contributed by atoms with van der Waals surface area (Å²) in [6.45, 7) is 0.705. The number of carbonyl (C=O) groups is 2. The van der Waals surface area contributed by atoms with Gasteiger partial charge in [-0.1, -0.05) is 48.5 Å². The van der Waals surface area contributed by atoms with Gasteiger partial charge in [0.05, 0.1) is 11.8 Å². The van der Waals surface area contributed by atoms with Gasteiger partial charge in [-0.25, -0.2) is 9.37 Å². The van der Waals surface area contributed by atoms with E-state index in [0.717, 1.165) is 24.1 Å². The number of imidazole rings is 1. The molecule has 1 atom stereocenters. The van der Waals surface area contributed by atoms with Crippen molar-refractivity contribution in [2.45, 2.75) is 18.9 Å². The Morgan fingerprint density at radius 2 is 1.70 bits per heavy atom. The van der Waals surface area contributed by atoms with Crippen molar-refractivity contribution in [3.63, 3.8) is 0 Å². The van der Waals surface area contributed by atoms with Crippen molar-refractivity contribution in [3.8, 4) is 16.9 Å². The topological polar surface area (TPSA) is 76.5 Å². The van der Waals surface area contributed by atoms with Crippen LogP contribution in [-0.4, -0.2) is 52.1 Å². The van der Waals surface area contributed by atoms with Gasteiger partial charge in [0.1, 0.15) is 12.4 Å². The molecule has 3 aromatic carbocycles. The van der Waals surface area contributed by atoms with E-state index < -0.39 is 11.7 Å². The number of hydrogen-bond acceptors (Lipinski definition) is 4. The summed E-state index contributed by atoms with van der Waals surface area (Å²) in [5, 5.41) is 2.89. The van der Waals surface area contributed by atoms with Gasteiger partial charge in [0, 0.05) is 36.2 Å². The van der Waals surface area contributed by atoms with Gasteiger partial charge >= 0.3 is 0 Å². The second-order valence-electron chi connectivity index (χ2n) is 8.90. The lowest BCUT2D eigenvalue weighted by Crippen LogP contribution is -2.42. The molecule has 5 rings (SSSR count). The smallest absolute Gasteiger partial charge is 0.254 e. The summed E-state index contributed by atoms with van der Waals surface area (Å²) < 4.78 is 20.9. The molecule has 0 spiro atoms. The molecule has 1 aliphatic rings. The van der Waals surface area contributed by atoms with E-state index in [4.69, 9.17) is 4.74 Å². The fraction of sp³-hybridized carbons (Fsp3) is 0.207. The fourth-order valence-corrected chi connectivity index (χ4v) is 4.37. The first kappa shape index (κ1) is 24.4. The molecule has 1 aliphatic heterocycles. The Kier molecular flexibility index (Phi) is 7.37. The molecule has 1 N–H and O–H groups in total. The maximum Gasteiger partial charge on any atom is 0.254 e. The second-order valence-corrected chi connectivity index (χ2v) is 8.90. The minimum atomic E-state index is -0.429. The van der Waals surface area contributed by atoms with Gasteiger partial charge in [-0.2, -0.15) is 0 Å². The number of nitrogens with zero attached hydrogens (tertiary/aromatic N) is 3. The van der Waals surface area contributed by atoms with Crippen molar-refractivity contribution < 1.29 is 18.7 Å². The second kappa shape index (κ2) is 11.2. The van der Waals surface area contributed by atoms with E-state index in [2.05, 4.69) is 10.3 Å². The Morgan fingerprint density at radius 3 is 2.38 bits per heavy atom. The van der Waals surface area contributed by atoms with Gasteiger partial charge in [0.15, 0.2) is 0 Å². The number of hydrogen-bond donors (Lipinski definition) is 1. The molecule has 8 heteroatoms. The molecule has 7 nitrogen and oxygen atoms in total. The van der Waals surface area contributed by atoms with Crippen molar-refractivity contribution >= 4 is 17.8 Å². The van der Waals surface area contributed by atoms with E-state index in [1.807, 2.05) is 71.4 Å². The van der Waals surface area contributed by atoms with Crippen LogP contribution < -0.4 is 5.32 Å². The van der Waals surface area contributed by atoms with E-state index in [1.165, 1.54) is 29.2 Å². The third-order valence-corrected chi connectivity index (χ3v) is 6.22. The zero-order valence-electron chi connectivity index (χ0n) is 20.2. The van der Waals surface area contributed by atoms with Crippen LogP contribution >= 0.6 is 0 Å². The third kappa shape index (κ3) is 5.92. The lowest BCUT2D eigenvalue weighted by atomic mass is 10.1. The predicted octanol–water partition coefficient (Wildman–Crippen LogP) is 4.94. The number of amides is 2. The highest BCUT2D eigenvalue weighted by Gasteiger charge is 2.26. The van der Waals surface area contributed by atoms with E-state index in [0.29, 0.717) is 23.8 Å². The van der Waals surface area contributed by atoms with Crippen molar-refractivity contribution in [2.24, 2.45) is 0 Å². The lowest BCUT2D eigenvalue weighted by molar-refractivity contribution is -0.117. The van der Waals surface area contributed by atoms with Crippen LogP contribution in [0.2, 0.25) is 0 Å². The molecule has 2 amide bonds. The van der Waals surface area contributed by atoms with Crippen LogP contribution in [0.25, 0.3) is 16.9 Å². The predicted molar refractivity (Wildman–Crippen MR) is 139 cm³/mol. The normalized spacial score (nSPS) is 14.9. The van der Waals surface area contributed by atoms with E-state index in [-0.39, 0.29) is 25.1 Å². The van der Waals surface area contributed by atoms with Gasteiger partial charge in [-0.05, 0) is 49.2 Å². The van der Waals surface area contributed by atoms with Crippen LogP contribution in [0.5, 0.6) is 0 Å². The number of nitrogens with one attached hydrogen (secondary N) is 1. The highest BCUT2D eigenvalue weighted by Crippen LogP contribution is 2.24. The van der Waals surface area contributed by atoms with Crippen LogP contribution in [0, 0.1) is 5.82 Å². The van der Waals surface area contributed by atoms with Crippen LogP contribution in [0.3, 0.4) is 0 Å². The Balaban J connectivity index is 1.39. The molecule has 1 aromatic heterocycles. The molecule has 188 valence electrons. The largest absolute Gasteiger partial charge is 0.376 e. The number of carbonyl (C=O) groups excluding carboxylic acids is 2. The Hall–Kier alpha value is -4.30. The summed E-state index contributed by atoms with van der Waals surface area (Å²) in [6.07, 6.45) is 3.45. The summed E-state index contributed by atoms with van der Waals surface area (Å²) in [4.78, 5) is 32.6. The first-order chi connectivity index (χ1) is 18.1. The third-order valence-electron chi connectivity index (χ3n) is 6.22. The Bertz CT molecular complexity index is 1350. The molecule has 37 heavy (non-hydrogen) atoms. The number of anilines is 1. The molecule has 1 saturated heterocycles. The summed E-state index contributed by atoms with van der Waals surface area (Å²) in [7, 11) is 0. The maximum atomic E-state index is 13.4. The lowest BCUT2D eigenvalue weighted by Gasteiger charge is -2.25. The van der Waals surface area contributed by atoms with Crippen molar-refractivity contribution in [2.75, 3.05) is 25.0 Å². The molecule has 0 unspecified atom stereocenters. The first-order valence-corrected chi connectivity index (χ1v) is 12.2. The highest BCUT2D eigenvalue weighted by atomic mass is 19.1. The van der Waals surface area contributed by atoms with E-state index in [9.17, 15) is 14.0 Å². The van der Waals surface area contributed by atoms with Crippen molar-refractivity contribution in [1.82, 2.24) is 14.5 Å². The molecule has 0 aliphatic carbocycles. The minimum Gasteiger partial charge on any atom is -0.376 e. The zero-order chi connectivity index (χ0) is 25.6. The van der Waals surface area contributed by atoms with Gasteiger partial charge in [0.25, 0.3) is 5.91 Å². The Morgan fingerprint density at radius 1 is 1.00 bits per heavy atom. The highest BCUT2D eigenvalue weighted by molar-refractivity contribution is 5.99. The molecule has 0 bridgehead atoms. The quantitative estimate of drug-likeness (QED) is 0.373. The molecular weight excluding hydrogens is 471 g/mol. The summed E-state index contributed by atoms with van der Waals surface area (Å²) >= 11 is 0. The molecule has 1 fully saturated rings. The van der Waals surface area contributed by atoms with Crippen LogP contribution in [-0.2, 0) is 9.53 Å². The van der Waals surface area contributed by atoms with E-state index >= 15 is 0 Å². The van der Waals surface area contributed by atoms with Gasteiger partial charge < -0.3 is 9.64 Å². The van der Waals surface area contributed by atoms with Crippen LogP contribution in [0.1, 0.15) is 23.2 Å². The zero-order valence-corrected chi connectivity index (χ0v) is 20.2. The van der Waals surface area contributed by atoms with Gasteiger partial charge in [0.2, 0.25) is 11.9 Å². The monoisotopic (exact) mass is 498 g/mol. The number of halogens is 1. The number of aromatic nitrogens is 2.